The zero-order valence-corrected chi connectivity index (χ0v) is 14.4. The lowest BCUT2D eigenvalue weighted by molar-refractivity contribution is 0.310. The third kappa shape index (κ3) is 2.91. The predicted molar refractivity (Wildman–Crippen MR) is 93.7 cm³/mol. The number of benzene rings is 1. The van der Waals surface area contributed by atoms with E-state index < -0.39 is 0 Å². The Bertz CT molecular complexity index is 729. The van der Waals surface area contributed by atoms with Crippen molar-refractivity contribution in [2.24, 2.45) is 16.8 Å². The summed E-state index contributed by atoms with van der Waals surface area (Å²) in [5.41, 5.74) is 2.14. The average molecular weight is 348 g/mol. The van der Waals surface area contributed by atoms with Crippen LogP contribution < -0.4 is 5.32 Å². The van der Waals surface area contributed by atoms with Crippen molar-refractivity contribution >= 4 is 35.0 Å². The van der Waals surface area contributed by atoms with Gasteiger partial charge in [0, 0.05) is 12.5 Å². The van der Waals surface area contributed by atoms with Crippen LogP contribution >= 0.6 is 23.4 Å². The van der Waals surface area contributed by atoms with Crippen molar-refractivity contribution < 1.29 is 0 Å². The van der Waals surface area contributed by atoms with Crippen molar-refractivity contribution in [3.05, 3.63) is 35.9 Å². The fourth-order valence-electron chi connectivity index (χ4n) is 3.35. The van der Waals surface area contributed by atoms with Gasteiger partial charge in [-0.1, -0.05) is 53.7 Å². The van der Waals surface area contributed by atoms with Crippen molar-refractivity contribution in [1.29, 1.82) is 0 Å². The van der Waals surface area contributed by atoms with E-state index in [0.29, 0.717) is 17.8 Å². The largest absolute Gasteiger partial charge is 0.296 e. The minimum absolute atomic E-state index is 0.213. The van der Waals surface area contributed by atoms with Gasteiger partial charge in [-0.2, -0.15) is 4.98 Å². The van der Waals surface area contributed by atoms with E-state index in [1.165, 1.54) is 17.3 Å². The standard InChI is InChI=1S/C16H18ClN5S/c1-23-16-20-15-19-13-12(9-22(15)21-16)11(8-18-14(13)17)7-10-5-3-2-4-6-10/h2-6,11-12,14,18H,7-9H2,1H3. The molecule has 0 spiro atoms. The molecule has 2 aliphatic rings. The van der Waals surface area contributed by atoms with Gasteiger partial charge in [-0.15, -0.1) is 5.10 Å². The second-order valence-electron chi connectivity index (χ2n) is 5.94. The number of nitrogens with zero attached hydrogens (tertiary/aromatic N) is 4. The van der Waals surface area contributed by atoms with Crippen LogP contribution in [0.5, 0.6) is 0 Å². The first-order valence-corrected chi connectivity index (χ1v) is 9.39. The SMILES string of the molecule is CSc1nc2n(n1)CC1C(=N2)C(Cl)NCC1Cc1ccccc1. The van der Waals surface area contributed by atoms with Crippen LogP contribution in [0, 0.1) is 11.8 Å². The number of hydrogen-bond acceptors (Lipinski definition) is 5. The van der Waals surface area contributed by atoms with Crippen molar-refractivity contribution in [3.8, 4) is 0 Å². The highest BCUT2D eigenvalue weighted by Crippen LogP contribution is 2.33. The maximum atomic E-state index is 6.46. The van der Waals surface area contributed by atoms with Gasteiger partial charge in [0.15, 0.2) is 0 Å². The smallest absolute Gasteiger partial charge is 0.248 e. The highest BCUT2D eigenvalue weighted by molar-refractivity contribution is 7.98. The van der Waals surface area contributed by atoms with Gasteiger partial charge in [-0.3, -0.25) is 5.32 Å². The molecule has 0 saturated carbocycles. The maximum Gasteiger partial charge on any atom is 0.248 e. The molecule has 2 aliphatic heterocycles. The second-order valence-corrected chi connectivity index (χ2v) is 7.15. The Morgan fingerprint density at radius 2 is 2.17 bits per heavy atom. The highest BCUT2D eigenvalue weighted by atomic mass is 35.5. The van der Waals surface area contributed by atoms with Crippen molar-refractivity contribution in [1.82, 2.24) is 20.1 Å². The van der Waals surface area contributed by atoms with Crippen LogP contribution in [0.2, 0.25) is 0 Å². The van der Waals surface area contributed by atoms with Gasteiger partial charge < -0.3 is 0 Å². The molecule has 0 radical (unpaired) electrons. The monoisotopic (exact) mass is 347 g/mol. The molecule has 0 aliphatic carbocycles. The molecule has 0 bridgehead atoms. The summed E-state index contributed by atoms with van der Waals surface area (Å²) >= 11 is 8.00. The molecule has 1 aromatic heterocycles. The molecule has 120 valence electrons. The Hall–Kier alpha value is -1.37. The number of fused-ring (bicyclic) bond motifs is 2. The maximum absolute atomic E-state index is 6.46. The molecular formula is C16H18ClN5S. The highest BCUT2D eigenvalue weighted by Gasteiger charge is 2.38. The molecule has 23 heavy (non-hydrogen) atoms. The summed E-state index contributed by atoms with van der Waals surface area (Å²) in [5, 5.41) is 8.67. The van der Waals surface area contributed by atoms with Crippen molar-refractivity contribution in [2.45, 2.75) is 23.6 Å². The molecule has 3 atom stereocenters. The average Bonchev–Trinajstić information content (AvgIpc) is 2.99. The molecule has 5 nitrogen and oxygen atoms in total. The Kier molecular flexibility index (Phi) is 4.13. The molecule has 1 N–H and O–H groups in total. The van der Waals surface area contributed by atoms with Gasteiger partial charge >= 0.3 is 0 Å². The van der Waals surface area contributed by atoms with Gasteiger partial charge in [0.25, 0.3) is 0 Å². The first kappa shape index (κ1) is 15.2. The van der Waals surface area contributed by atoms with Crippen LogP contribution in [-0.2, 0) is 13.0 Å². The number of rotatable bonds is 3. The van der Waals surface area contributed by atoms with Crippen LogP contribution in [0.15, 0.2) is 40.5 Å². The lowest BCUT2D eigenvalue weighted by Crippen LogP contribution is -2.52. The Balaban J connectivity index is 1.63. The molecule has 1 fully saturated rings. The van der Waals surface area contributed by atoms with E-state index in [1.807, 2.05) is 10.9 Å². The fraction of sp³-hybridized carbons (Fsp3) is 0.438. The summed E-state index contributed by atoms with van der Waals surface area (Å²) in [6, 6.07) is 10.6. The predicted octanol–water partition coefficient (Wildman–Crippen LogP) is 2.73. The summed E-state index contributed by atoms with van der Waals surface area (Å²) in [7, 11) is 0. The summed E-state index contributed by atoms with van der Waals surface area (Å²) in [6.45, 7) is 1.70. The van der Waals surface area contributed by atoms with Crippen LogP contribution in [0.25, 0.3) is 0 Å². The quantitative estimate of drug-likeness (QED) is 0.527. The van der Waals surface area contributed by atoms with Gasteiger partial charge in [-0.05, 0) is 24.2 Å². The number of piperidine rings is 1. The van der Waals surface area contributed by atoms with Crippen LogP contribution in [0.3, 0.4) is 0 Å². The van der Waals surface area contributed by atoms with E-state index in [0.717, 1.165) is 30.4 Å². The van der Waals surface area contributed by atoms with Gasteiger partial charge in [0.05, 0.1) is 12.3 Å². The molecule has 1 aromatic carbocycles. The molecular weight excluding hydrogens is 330 g/mol. The second kappa shape index (κ2) is 6.26. The number of alkyl halides is 1. The minimum atomic E-state index is -0.213. The van der Waals surface area contributed by atoms with E-state index in [2.05, 4.69) is 45.7 Å². The van der Waals surface area contributed by atoms with Crippen molar-refractivity contribution in [2.75, 3.05) is 12.8 Å². The number of hydrogen-bond donors (Lipinski definition) is 1. The van der Waals surface area contributed by atoms with Crippen LogP contribution in [0.1, 0.15) is 5.56 Å². The Morgan fingerprint density at radius 3 is 2.96 bits per heavy atom. The number of aromatic nitrogens is 3. The summed E-state index contributed by atoms with van der Waals surface area (Å²) < 4.78 is 1.92. The topological polar surface area (TPSA) is 55.1 Å². The van der Waals surface area contributed by atoms with E-state index in [-0.39, 0.29) is 5.50 Å². The molecule has 2 aromatic rings. The number of halogens is 1. The first-order valence-electron chi connectivity index (χ1n) is 7.73. The molecule has 7 heteroatoms. The van der Waals surface area contributed by atoms with Crippen LogP contribution in [-0.4, -0.2) is 38.8 Å². The number of nitrogens with one attached hydrogen (secondary N) is 1. The zero-order chi connectivity index (χ0) is 15.8. The lowest BCUT2D eigenvalue weighted by atomic mass is 9.80. The minimum Gasteiger partial charge on any atom is -0.296 e. The number of thioether (sulfide) groups is 1. The molecule has 4 rings (SSSR count). The molecule has 0 amide bonds. The van der Waals surface area contributed by atoms with Gasteiger partial charge in [-0.25, -0.2) is 9.67 Å². The van der Waals surface area contributed by atoms with Crippen LogP contribution in [0.4, 0.5) is 5.95 Å². The first-order chi connectivity index (χ1) is 11.2. The summed E-state index contributed by atoms with van der Waals surface area (Å²) in [6.07, 6.45) is 2.99. The fourth-order valence-corrected chi connectivity index (χ4v) is 4.00. The van der Waals surface area contributed by atoms with E-state index in [4.69, 9.17) is 16.6 Å². The normalized spacial score (nSPS) is 26.3. The third-order valence-electron chi connectivity index (χ3n) is 4.52. The Morgan fingerprint density at radius 1 is 1.35 bits per heavy atom. The van der Waals surface area contributed by atoms with E-state index in [1.54, 1.807) is 0 Å². The molecule has 3 unspecified atom stereocenters. The molecule has 3 heterocycles. The lowest BCUT2D eigenvalue weighted by Gasteiger charge is -2.38. The Labute approximate surface area is 144 Å². The van der Waals surface area contributed by atoms with Gasteiger partial charge in [0.1, 0.15) is 5.50 Å². The van der Waals surface area contributed by atoms with E-state index in [9.17, 15) is 0 Å². The van der Waals surface area contributed by atoms with Gasteiger partial charge in [0.2, 0.25) is 11.1 Å². The summed E-state index contributed by atoms with van der Waals surface area (Å²) in [4.78, 5) is 9.15. The van der Waals surface area contributed by atoms with Crippen molar-refractivity contribution in [3.63, 3.8) is 0 Å². The molecule has 1 saturated heterocycles. The summed E-state index contributed by atoms with van der Waals surface area (Å²) in [5.74, 6) is 1.44. The number of aliphatic imine (C=N–C) groups is 1. The third-order valence-corrected chi connectivity index (χ3v) is 5.44. The zero-order valence-electron chi connectivity index (χ0n) is 12.8. The van der Waals surface area contributed by atoms with E-state index >= 15 is 0 Å².